The molecule has 0 aliphatic heterocycles. The van der Waals surface area contributed by atoms with E-state index < -0.39 is 0 Å². The van der Waals surface area contributed by atoms with Gasteiger partial charge in [0.2, 0.25) is 0 Å². The first-order chi connectivity index (χ1) is 7.22. The fourth-order valence-electron chi connectivity index (χ4n) is 1.46. The van der Waals surface area contributed by atoms with Crippen molar-refractivity contribution in [3.63, 3.8) is 0 Å². The van der Waals surface area contributed by atoms with Crippen molar-refractivity contribution in [2.45, 2.75) is 13.0 Å². The van der Waals surface area contributed by atoms with E-state index in [1.165, 1.54) is 12.1 Å². The highest BCUT2D eigenvalue weighted by atomic mass is 79.9. The number of fused-ring (bicyclic) bond motifs is 1. The molecule has 0 spiro atoms. The fourth-order valence-corrected chi connectivity index (χ4v) is 2.04. The number of hydrogen-bond donors (Lipinski definition) is 1. The van der Waals surface area contributed by atoms with Gasteiger partial charge in [0.1, 0.15) is 10.4 Å². The second kappa shape index (κ2) is 4.28. The molecule has 0 bridgehead atoms. The molecule has 0 radical (unpaired) electrons. The van der Waals surface area contributed by atoms with E-state index in [0.717, 1.165) is 28.5 Å². The summed E-state index contributed by atoms with van der Waals surface area (Å²) >= 11 is 3.41. The Morgan fingerprint density at radius 3 is 3.00 bits per heavy atom. The summed E-state index contributed by atoms with van der Waals surface area (Å²) in [5, 5.41) is 5.14. The van der Waals surface area contributed by atoms with E-state index in [1.807, 2.05) is 0 Å². The minimum Gasteiger partial charge on any atom is -0.330 e. The molecule has 0 aliphatic carbocycles. The fraction of sp³-hybridized carbons (Fsp3) is 0.300. The third-order valence-corrected chi connectivity index (χ3v) is 3.05. The summed E-state index contributed by atoms with van der Waals surface area (Å²) in [4.78, 5) is 0. The number of halogens is 2. The molecule has 80 valence electrons. The van der Waals surface area contributed by atoms with Crippen molar-refractivity contribution in [1.29, 1.82) is 0 Å². The Bertz CT molecular complexity index is 481. The zero-order valence-electron chi connectivity index (χ0n) is 8.08. The van der Waals surface area contributed by atoms with Crippen LogP contribution in [0.2, 0.25) is 0 Å². The molecule has 0 saturated heterocycles. The van der Waals surface area contributed by atoms with E-state index in [-0.39, 0.29) is 5.82 Å². The van der Waals surface area contributed by atoms with Crippen LogP contribution in [0.3, 0.4) is 0 Å². The van der Waals surface area contributed by atoms with Gasteiger partial charge in [-0.2, -0.15) is 5.10 Å². The first kappa shape index (κ1) is 10.6. The number of aromatic nitrogens is 2. The molecule has 2 rings (SSSR count). The van der Waals surface area contributed by atoms with Gasteiger partial charge in [0.15, 0.2) is 0 Å². The van der Waals surface area contributed by atoms with Gasteiger partial charge >= 0.3 is 0 Å². The molecule has 0 unspecified atom stereocenters. The predicted molar refractivity (Wildman–Crippen MR) is 61.1 cm³/mol. The molecular formula is C10H11BrFN3. The van der Waals surface area contributed by atoms with Crippen LogP contribution in [0.4, 0.5) is 4.39 Å². The SMILES string of the molecule is NCCCn1nc2ccc(F)cc2c1Br. The normalized spacial score (nSPS) is 11.1. The van der Waals surface area contributed by atoms with Crippen LogP contribution >= 0.6 is 15.9 Å². The minimum atomic E-state index is -0.249. The number of rotatable bonds is 3. The van der Waals surface area contributed by atoms with Gasteiger partial charge in [0.05, 0.1) is 5.52 Å². The van der Waals surface area contributed by atoms with Gasteiger partial charge in [-0.25, -0.2) is 4.39 Å². The average Bonchev–Trinajstić information content (AvgIpc) is 2.53. The molecule has 0 fully saturated rings. The Morgan fingerprint density at radius 1 is 1.47 bits per heavy atom. The second-order valence-corrected chi connectivity index (χ2v) is 4.07. The molecule has 15 heavy (non-hydrogen) atoms. The van der Waals surface area contributed by atoms with Crippen molar-refractivity contribution in [3.05, 3.63) is 28.6 Å². The van der Waals surface area contributed by atoms with Gasteiger partial charge < -0.3 is 5.73 Å². The highest BCUT2D eigenvalue weighted by molar-refractivity contribution is 9.10. The third-order valence-electron chi connectivity index (χ3n) is 2.21. The van der Waals surface area contributed by atoms with Crippen molar-refractivity contribution >= 4 is 26.8 Å². The molecule has 3 nitrogen and oxygen atoms in total. The average molecular weight is 272 g/mol. The number of benzene rings is 1. The summed E-state index contributed by atoms with van der Waals surface area (Å²) in [6.07, 6.45) is 0.856. The smallest absolute Gasteiger partial charge is 0.124 e. The molecule has 2 aromatic rings. The lowest BCUT2D eigenvalue weighted by molar-refractivity contribution is 0.580. The maximum atomic E-state index is 13.0. The van der Waals surface area contributed by atoms with E-state index in [2.05, 4.69) is 21.0 Å². The molecule has 5 heteroatoms. The highest BCUT2D eigenvalue weighted by Crippen LogP contribution is 2.24. The molecule has 2 N–H and O–H groups in total. The van der Waals surface area contributed by atoms with Gasteiger partial charge in [0.25, 0.3) is 0 Å². The van der Waals surface area contributed by atoms with Gasteiger partial charge in [-0.1, -0.05) is 0 Å². The maximum absolute atomic E-state index is 13.0. The van der Waals surface area contributed by atoms with Crippen molar-refractivity contribution in [1.82, 2.24) is 9.78 Å². The summed E-state index contributed by atoms with van der Waals surface area (Å²) in [6.45, 7) is 1.37. The number of nitrogens with two attached hydrogens (primary N) is 1. The van der Waals surface area contributed by atoms with E-state index in [1.54, 1.807) is 10.7 Å². The molecule has 1 aromatic heterocycles. The zero-order chi connectivity index (χ0) is 10.8. The van der Waals surface area contributed by atoms with Crippen LogP contribution < -0.4 is 5.73 Å². The minimum absolute atomic E-state index is 0.249. The van der Waals surface area contributed by atoms with Crippen LogP contribution in [0.25, 0.3) is 10.9 Å². The zero-order valence-corrected chi connectivity index (χ0v) is 9.67. The Hall–Kier alpha value is -0.940. The number of nitrogens with zero attached hydrogens (tertiary/aromatic N) is 2. The van der Waals surface area contributed by atoms with Gasteiger partial charge in [-0.05, 0) is 47.1 Å². The molecule has 1 heterocycles. The lowest BCUT2D eigenvalue weighted by Gasteiger charge is -2.00. The Balaban J connectivity index is 2.45. The monoisotopic (exact) mass is 271 g/mol. The predicted octanol–water partition coefficient (Wildman–Crippen LogP) is 2.29. The van der Waals surface area contributed by atoms with Gasteiger partial charge in [-0.15, -0.1) is 0 Å². The van der Waals surface area contributed by atoms with E-state index in [0.29, 0.717) is 6.54 Å². The number of aryl methyl sites for hydroxylation is 1. The lowest BCUT2D eigenvalue weighted by Crippen LogP contribution is -2.06. The molecule has 1 aromatic carbocycles. The molecule has 0 aliphatic rings. The summed E-state index contributed by atoms with van der Waals surface area (Å²) in [5.41, 5.74) is 6.22. The highest BCUT2D eigenvalue weighted by Gasteiger charge is 2.08. The Morgan fingerprint density at radius 2 is 2.27 bits per heavy atom. The van der Waals surface area contributed by atoms with Crippen LogP contribution in [0, 0.1) is 5.82 Å². The van der Waals surface area contributed by atoms with Crippen LogP contribution in [0.15, 0.2) is 22.8 Å². The summed E-state index contributed by atoms with van der Waals surface area (Å²) in [7, 11) is 0. The molecule has 0 saturated carbocycles. The largest absolute Gasteiger partial charge is 0.330 e. The van der Waals surface area contributed by atoms with Crippen LogP contribution in [-0.2, 0) is 6.54 Å². The quantitative estimate of drug-likeness (QED) is 0.931. The topological polar surface area (TPSA) is 43.8 Å². The van der Waals surface area contributed by atoms with E-state index in [9.17, 15) is 4.39 Å². The molecule has 0 atom stereocenters. The maximum Gasteiger partial charge on any atom is 0.124 e. The Labute approximate surface area is 95.2 Å². The van der Waals surface area contributed by atoms with Gasteiger partial charge in [-0.3, -0.25) is 4.68 Å². The number of hydrogen-bond acceptors (Lipinski definition) is 2. The van der Waals surface area contributed by atoms with E-state index >= 15 is 0 Å². The second-order valence-electron chi connectivity index (χ2n) is 3.32. The first-order valence-corrected chi connectivity index (χ1v) is 5.53. The summed E-state index contributed by atoms with van der Waals surface area (Å²) in [5.74, 6) is -0.249. The van der Waals surface area contributed by atoms with Crippen LogP contribution in [-0.4, -0.2) is 16.3 Å². The first-order valence-electron chi connectivity index (χ1n) is 4.74. The molecular weight excluding hydrogens is 261 g/mol. The van der Waals surface area contributed by atoms with Crippen LogP contribution in [0.1, 0.15) is 6.42 Å². The van der Waals surface area contributed by atoms with Crippen molar-refractivity contribution < 1.29 is 4.39 Å². The van der Waals surface area contributed by atoms with E-state index in [4.69, 9.17) is 5.73 Å². The summed E-state index contributed by atoms with van der Waals surface area (Å²) in [6, 6.07) is 4.56. The third kappa shape index (κ3) is 2.03. The van der Waals surface area contributed by atoms with Crippen molar-refractivity contribution in [2.75, 3.05) is 6.54 Å². The van der Waals surface area contributed by atoms with Gasteiger partial charge in [0, 0.05) is 11.9 Å². The Kier molecular flexibility index (Phi) is 3.02. The van der Waals surface area contributed by atoms with Crippen LogP contribution in [0.5, 0.6) is 0 Å². The lowest BCUT2D eigenvalue weighted by atomic mass is 10.2. The summed E-state index contributed by atoms with van der Waals surface area (Å²) < 4.78 is 15.6. The standard InChI is InChI=1S/C10H11BrFN3/c11-10-8-6-7(12)2-3-9(8)14-15(10)5-1-4-13/h2-3,6H,1,4-5,13H2. The van der Waals surface area contributed by atoms with Crippen molar-refractivity contribution in [2.24, 2.45) is 5.73 Å². The van der Waals surface area contributed by atoms with Crippen molar-refractivity contribution in [3.8, 4) is 0 Å². The molecule has 0 amide bonds.